The van der Waals surface area contributed by atoms with Crippen LogP contribution in [0.1, 0.15) is 58.8 Å². The first-order valence-electron chi connectivity index (χ1n) is 7.20. The van der Waals surface area contributed by atoms with E-state index in [1.807, 2.05) is 0 Å². The average molecular weight is 265 g/mol. The maximum Gasteiger partial charge on any atom is 0.391 e. The van der Waals surface area contributed by atoms with Gasteiger partial charge in [-0.05, 0) is 37.5 Å². The fourth-order valence-electron chi connectivity index (χ4n) is 3.11. The molecule has 4 heteroatoms. The smallest absolute Gasteiger partial charge is 0.327 e. The van der Waals surface area contributed by atoms with E-state index >= 15 is 0 Å². The van der Waals surface area contributed by atoms with Crippen molar-refractivity contribution in [1.82, 2.24) is 0 Å². The fourth-order valence-corrected chi connectivity index (χ4v) is 3.11. The predicted molar refractivity (Wildman–Crippen MR) is 68.2 cm³/mol. The van der Waals surface area contributed by atoms with Crippen LogP contribution < -0.4 is 5.73 Å². The molecule has 3 atom stereocenters. The molecule has 1 aliphatic carbocycles. The van der Waals surface area contributed by atoms with Crippen molar-refractivity contribution in [2.24, 2.45) is 23.5 Å². The summed E-state index contributed by atoms with van der Waals surface area (Å²) in [6, 6.07) is -0.0555. The Morgan fingerprint density at radius 3 is 2.28 bits per heavy atom. The van der Waals surface area contributed by atoms with Crippen LogP contribution in [0.25, 0.3) is 0 Å². The molecular formula is C14H26F3N. The zero-order chi connectivity index (χ0) is 13.8. The minimum atomic E-state index is -4.03. The Morgan fingerprint density at radius 2 is 1.78 bits per heavy atom. The van der Waals surface area contributed by atoms with E-state index in [4.69, 9.17) is 5.73 Å². The summed E-state index contributed by atoms with van der Waals surface area (Å²) in [5.74, 6) is -0.499. The van der Waals surface area contributed by atoms with E-state index in [1.165, 1.54) is 0 Å². The van der Waals surface area contributed by atoms with Crippen LogP contribution in [0.2, 0.25) is 0 Å². The van der Waals surface area contributed by atoms with Gasteiger partial charge in [0, 0.05) is 6.04 Å². The summed E-state index contributed by atoms with van der Waals surface area (Å²) in [5, 5.41) is 0. The maximum absolute atomic E-state index is 12.7. The molecule has 0 aromatic rings. The summed E-state index contributed by atoms with van der Waals surface area (Å²) < 4.78 is 38.2. The highest BCUT2D eigenvalue weighted by Crippen LogP contribution is 2.41. The molecule has 3 unspecified atom stereocenters. The monoisotopic (exact) mass is 265 g/mol. The summed E-state index contributed by atoms with van der Waals surface area (Å²) in [5.41, 5.74) is 6.14. The van der Waals surface area contributed by atoms with Gasteiger partial charge in [0.15, 0.2) is 0 Å². The molecule has 0 spiro atoms. The van der Waals surface area contributed by atoms with Crippen LogP contribution >= 0.6 is 0 Å². The van der Waals surface area contributed by atoms with E-state index in [2.05, 4.69) is 13.8 Å². The average Bonchev–Trinajstić information content (AvgIpc) is 2.34. The Labute approximate surface area is 108 Å². The first-order chi connectivity index (χ1) is 8.38. The standard InChI is InChI=1S/C14H26F3N/c1-3-10(4-2)8-13(18)11-6-5-7-12(9-11)14(15,16)17/h10-13H,3-9,18H2,1-2H3. The molecule has 0 heterocycles. The van der Waals surface area contributed by atoms with E-state index in [0.717, 1.165) is 25.7 Å². The lowest BCUT2D eigenvalue weighted by molar-refractivity contribution is -0.186. The Balaban J connectivity index is 2.50. The third-order valence-corrected chi connectivity index (χ3v) is 4.54. The van der Waals surface area contributed by atoms with Gasteiger partial charge in [-0.1, -0.05) is 33.1 Å². The van der Waals surface area contributed by atoms with Crippen LogP contribution in [0.3, 0.4) is 0 Å². The van der Waals surface area contributed by atoms with Gasteiger partial charge < -0.3 is 5.73 Å². The first-order valence-corrected chi connectivity index (χ1v) is 7.20. The van der Waals surface area contributed by atoms with Crippen LogP contribution in [0.4, 0.5) is 13.2 Å². The number of hydrogen-bond donors (Lipinski definition) is 1. The number of halogens is 3. The Morgan fingerprint density at radius 1 is 1.17 bits per heavy atom. The van der Waals surface area contributed by atoms with Crippen molar-refractivity contribution >= 4 is 0 Å². The van der Waals surface area contributed by atoms with Crippen LogP contribution in [0.5, 0.6) is 0 Å². The van der Waals surface area contributed by atoms with Gasteiger partial charge in [-0.3, -0.25) is 0 Å². The lowest BCUT2D eigenvalue weighted by Crippen LogP contribution is -2.38. The largest absolute Gasteiger partial charge is 0.391 e. The number of rotatable bonds is 5. The second-order valence-electron chi connectivity index (χ2n) is 5.75. The highest BCUT2D eigenvalue weighted by atomic mass is 19.4. The van der Waals surface area contributed by atoms with Crippen LogP contribution in [0, 0.1) is 17.8 Å². The topological polar surface area (TPSA) is 26.0 Å². The summed E-state index contributed by atoms with van der Waals surface area (Å²) in [6.45, 7) is 4.25. The van der Waals surface area contributed by atoms with Gasteiger partial charge in [0.1, 0.15) is 0 Å². The molecule has 0 bridgehead atoms. The van der Waals surface area contributed by atoms with E-state index in [-0.39, 0.29) is 24.8 Å². The maximum atomic E-state index is 12.7. The SMILES string of the molecule is CCC(CC)CC(N)C1CCCC(C(F)(F)F)C1. The molecule has 0 amide bonds. The van der Waals surface area contributed by atoms with Crippen molar-refractivity contribution in [2.45, 2.75) is 71.0 Å². The van der Waals surface area contributed by atoms with Crippen molar-refractivity contribution in [3.8, 4) is 0 Å². The zero-order valence-corrected chi connectivity index (χ0v) is 11.5. The number of hydrogen-bond acceptors (Lipinski definition) is 1. The summed E-state index contributed by atoms with van der Waals surface area (Å²) in [7, 11) is 0. The van der Waals surface area contributed by atoms with Gasteiger partial charge >= 0.3 is 6.18 Å². The Bertz CT molecular complexity index is 236. The van der Waals surface area contributed by atoms with Gasteiger partial charge in [-0.15, -0.1) is 0 Å². The molecule has 0 saturated heterocycles. The van der Waals surface area contributed by atoms with Crippen LogP contribution in [-0.4, -0.2) is 12.2 Å². The van der Waals surface area contributed by atoms with Crippen LogP contribution in [-0.2, 0) is 0 Å². The summed E-state index contributed by atoms with van der Waals surface area (Å²) in [6.07, 6.45) is 1.05. The highest BCUT2D eigenvalue weighted by molar-refractivity contribution is 4.84. The van der Waals surface area contributed by atoms with E-state index < -0.39 is 12.1 Å². The van der Waals surface area contributed by atoms with Gasteiger partial charge in [-0.2, -0.15) is 13.2 Å². The molecule has 1 nitrogen and oxygen atoms in total. The summed E-state index contributed by atoms with van der Waals surface area (Å²) >= 11 is 0. The molecule has 1 aliphatic rings. The minimum absolute atomic E-state index is 0.0555. The van der Waals surface area contributed by atoms with Crippen molar-refractivity contribution < 1.29 is 13.2 Å². The normalized spacial score (nSPS) is 27.5. The fraction of sp³-hybridized carbons (Fsp3) is 1.00. The molecule has 0 aromatic carbocycles. The highest BCUT2D eigenvalue weighted by Gasteiger charge is 2.43. The van der Waals surface area contributed by atoms with E-state index in [9.17, 15) is 13.2 Å². The van der Waals surface area contributed by atoms with Crippen molar-refractivity contribution in [2.75, 3.05) is 0 Å². The zero-order valence-electron chi connectivity index (χ0n) is 11.5. The predicted octanol–water partition coefficient (Wildman–Crippen LogP) is 4.51. The quantitative estimate of drug-likeness (QED) is 0.777. The van der Waals surface area contributed by atoms with Crippen molar-refractivity contribution in [1.29, 1.82) is 0 Å². The molecule has 1 rings (SSSR count). The van der Waals surface area contributed by atoms with E-state index in [1.54, 1.807) is 0 Å². The molecule has 1 fully saturated rings. The van der Waals surface area contributed by atoms with Gasteiger partial charge in [0.05, 0.1) is 5.92 Å². The van der Waals surface area contributed by atoms with Crippen LogP contribution in [0.15, 0.2) is 0 Å². The molecule has 2 N–H and O–H groups in total. The molecule has 0 aromatic heterocycles. The molecule has 0 aliphatic heterocycles. The Hall–Kier alpha value is -0.250. The Kier molecular flexibility index (Phi) is 5.96. The third-order valence-electron chi connectivity index (χ3n) is 4.54. The summed E-state index contributed by atoms with van der Waals surface area (Å²) in [4.78, 5) is 0. The molecule has 108 valence electrons. The molecule has 0 radical (unpaired) electrons. The molecule has 18 heavy (non-hydrogen) atoms. The molecule has 1 saturated carbocycles. The number of alkyl halides is 3. The number of nitrogens with two attached hydrogens (primary N) is 1. The lowest BCUT2D eigenvalue weighted by Gasteiger charge is -2.35. The second kappa shape index (κ2) is 6.78. The minimum Gasteiger partial charge on any atom is -0.327 e. The van der Waals surface area contributed by atoms with Gasteiger partial charge in [0.25, 0.3) is 0 Å². The van der Waals surface area contributed by atoms with Crippen molar-refractivity contribution in [3.63, 3.8) is 0 Å². The molecular weight excluding hydrogens is 239 g/mol. The van der Waals surface area contributed by atoms with Gasteiger partial charge in [-0.25, -0.2) is 0 Å². The first kappa shape index (κ1) is 15.8. The second-order valence-corrected chi connectivity index (χ2v) is 5.75. The van der Waals surface area contributed by atoms with Gasteiger partial charge in [0.2, 0.25) is 0 Å². The van der Waals surface area contributed by atoms with E-state index in [0.29, 0.717) is 12.3 Å². The van der Waals surface area contributed by atoms with Crippen molar-refractivity contribution in [3.05, 3.63) is 0 Å². The third kappa shape index (κ3) is 4.45. The lowest BCUT2D eigenvalue weighted by atomic mass is 9.75.